The van der Waals surface area contributed by atoms with E-state index in [-0.39, 0.29) is 0 Å². The Bertz CT molecular complexity index is 243. The Labute approximate surface area is 79.1 Å². The second-order valence-electron chi connectivity index (χ2n) is 2.13. The molecule has 0 fully saturated rings. The monoisotopic (exact) mass is 261 g/mol. The average Bonchev–Trinajstić information content (AvgIpc) is 2.04. The minimum Gasteiger partial charge on any atom is -0.411 e. The summed E-state index contributed by atoms with van der Waals surface area (Å²) in [6.07, 6.45) is 2.16. The van der Waals surface area contributed by atoms with E-state index >= 15 is 0 Å². The number of benzene rings is 1. The lowest BCUT2D eigenvalue weighted by molar-refractivity contribution is 0.321. The first kappa shape index (κ1) is 8.52. The fourth-order valence-electron chi connectivity index (χ4n) is 0.767. The highest BCUT2D eigenvalue weighted by atomic mass is 127. The van der Waals surface area contributed by atoms with Gasteiger partial charge in [0.25, 0.3) is 0 Å². The molecule has 0 heterocycles. The fourth-order valence-corrected chi connectivity index (χ4v) is 1.13. The molecule has 0 atom stereocenters. The summed E-state index contributed by atoms with van der Waals surface area (Å²) in [5.41, 5.74) is 1.16. The number of hydrogen-bond acceptors (Lipinski definition) is 2. The lowest BCUT2D eigenvalue weighted by atomic mass is 10.2. The van der Waals surface area contributed by atoms with Crippen LogP contribution >= 0.6 is 22.6 Å². The van der Waals surface area contributed by atoms with Crippen molar-refractivity contribution < 1.29 is 5.21 Å². The van der Waals surface area contributed by atoms with Crippen LogP contribution in [0.2, 0.25) is 0 Å². The van der Waals surface area contributed by atoms with Crippen LogP contribution in [0, 0.1) is 3.57 Å². The first-order chi connectivity index (χ1) is 5.33. The summed E-state index contributed by atoms with van der Waals surface area (Å²) in [5.74, 6) is 0. The SMILES string of the molecule is ON=CCc1ccc(I)cc1. The summed E-state index contributed by atoms with van der Waals surface area (Å²) >= 11 is 2.25. The Balaban J connectivity index is 2.66. The van der Waals surface area contributed by atoms with Crippen LogP contribution in [0.15, 0.2) is 29.4 Å². The molecule has 0 unspecified atom stereocenters. The standard InChI is InChI=1S/C8H8INO/c9-8-3-1-7(2-4-8)5-6-10-11/h1-4,6,11H,5H2. The summed E-state index contributed by atoms with van der Waals surface area (Å²) < 4.78 is 1.22. The van der Waals surface area contributed by atoms with Crippen molar-refractivity contribution in [2.45, 2.75) is 6.42 Å². The zero-order valence-corrected chi connectivity index (χ0v) is 8.02. The van der Waals surface area contributed by atoms with Crippen molar-refractivity contribution in [1.82, 2.24) is 0 Å². The van der Waals surface area contributed by atoms with Gasteiger partial charge in [-0.15, -0.1) is 5.16 Å². The Morgan fingerprint density at radius 1 is 1.36 bits per heavy atom. The zero-order chi connectivity index (χ0) is 8.10. The molecule has 0 saturated carbocycles. The van der Waals surface area contributed by atoms with Crippen molar-refractivity contribution in [3.8, 4) is 0 Å². The second-order valence-corrected chi connectivity index (χ2v) is 3.37. The Kier molecular flexibility index (Phi) is 3.35. The summed E-state index contributed by atoms with van der Waals surface area (Å²) in [5, 5.41) is 11.1. The first-order valence-corrected chi connectivity index (χ1v) is 4.31. The van der Waals surface area contributed by atoms with Crippen LogP contribution in [0.3, 0.4) is 0 Å². The molecule has 1 rings (SSSR count). The molecule has 3 heteroatoms. The van der Waals surface area contributed by atoms with E-state index < -0.39 is 0 Å². The number of hydrogen-bond donors (Lipinski definition) is 1. The van der Waals surface area contributed by atoms with Crippen LogP contribution < -0.4 is 0 Å². The Hall–Kier alpha value is -0.580. The van der Waals surface area contributed by atoms with Gasteiger partial charge in [-0.2, -0.15) is 0 Å². The van der Waals surface area contributed by atoms with Gasteiger partial charge in [0.15, 0.2) is 0 Å². The van der Waals surface area contributed by atoms with Crippen molar-refractivity contribution in [2.24, 2.45) is 5.16 Å². The van der Waals surface area contributed by atoms with Crippen LogP contribution in [-0.4, -0.2) is 11.4 Å². The molecule has 0 saturated heterocycles. The van der Waals surface area contributed by atoms with Gasteiger partial charge in [-0.3, -0.25) is 0 Å². The lowest BCUT2D eigenvalue weighted by Gasteiger charge is -1.94. The number of rotatable bonds is 2. The zero-order valence-electron chi connectivity index (χ0n) is 5.87. The topological polar surface area (TPSA) is 32.6 Å². The van der Waals surface area contributed by atoms with E-state index in [2.05, 4.69) is 27.7 Å². The van der Waals surface area contributed by atoms with Crippen molar-refractivity contribution in [3.63, 3.8) is 0 Å². The largest absolute Gasteiger partial charge is 0.411 e. The number of halogens is 1. The highest BCUT2D eigenvalue weighted by Gasteiger charge is 1.88. The van der Waals surface area contributed by atoms with Gasteiger partial charge in [0.2, 0.25) is 0 Å². The molecule has 1 N–H and O–H groups in total. The van der Waals surface area contributed by atoms with E-state index in [1.165, 1.54) is 9.78 Å². The molecule has 1 aromatic rings. The highest BCUT2D eigenvalue weighted by molar-refractivity contribution is 14.1. The maximum absolute atomic E-state index is 8.15. The molecule has 0 radical (unpaired) electrons. The van der Waals surface area contributed by atoms with Gasteiger partial charge in [-0.1, -0.05) is 12.1 Å². The summed E-state index contributed by atoms with van der Waals surface area (Å²) in [6, 6.07) is 8.09. The maximum Gasteiger partial charge on any atom is 0.0479 e. The van der Waals surface area contributed by atoms with Gasteiger partial charge in [0, 0.05) is 16.2 Å². The average molecular weight is 261 g/mol. The molecule has 0 aliphatic heterocycles. The van der Waals surface area contributed by atoms with Gasteiger partial charge in [-0.25, -0.2) is 0 Å². The van der Waals surface area contributed by atoms with E-state index in [1.54, 1.807) is 0 Å². The van der Waals surface area contributed by atoms with Crippen molar-refractivity contribution in [1.29, 1.82) is 0 Å². The number of nitrogens with zero attached hydrogens (tertiary/aromatic N) is 1. The van der Waals surface area contributed by atoms with Gasteiger partial charge >= 0.3 is 0 Å². The van der Waals surface area contributed by atoms with Gasteiger partial charge in [0.05, 0.1) is 0 Å². The predicted octanol–water partition coefficient (Wildman–Crippen LogP) is 2.29. The quantitative estimate of drug-likeness (QED) is 0.376. The third kappa shape index (κ3) is 2.88. The second kappa shape index (κ2) is 4.33. The third-order valence-corrected chi connectivity index (χ3v) is 2.04. The molecule has 0 aliphatic carbocycles. The molecule has 58 valence electrons. The van der Waals surface area contributed by atoms with Gasteiger partial charge < -0.3 is 5.21 Å². The smallest absolute Gasteiger partial charge is 0.0479 e. The molecule has 2 nitrogen and oxygen atoms in total. The van der Waals surface area contributed by atoms with E-state index in [1.807, 2.05) is 24.3 Å². The maximum atomic E-state index is 8.15. The minimum atomic E-state index is 0.688. The predicted molar refractivity (Wildman–Crippen MR) is 53.1 cm³/mol. The molecule has 11 heavy (non-hydrogen) atoms. The number of oxime groups is 1. The fraction of sp³-hybridized carbons (Fsp3) is 0.125. The van der Waals surface area contributed by atoms with E-state index in [0.717, 1.165) is 5.56 Å². The van der Waals surface area contributed by atoms with E-state index in [4.69, 9.17) is 5.21 Å². The molecule has 0 bridgehead atoms. The van der Waals surface area contributed by atoms with Crippen LogP contribution in [0.25, 0.3) is 0 Å². The van der Waals surface area contributed by atoms with Crippen molar-refractivity contribution in [2.75, 3.05) is 0 Å². The molecule has 0 aliphatic rings. The molecular formula is C8H8INO. The van der Waals surface area contributed by atoms with Crippen LogP contribution in [0.5, 0.6) is 0 Å². The molecule has 1 aromatic carbocycles. The molecule has 0 amide bonds. The highest BCUT2D eigenvalue weighted by Crippen LogP contribution is 2.06. The van der Waals surface area contributed by atoms with Crippen LogP contribution in [0.1, 0.15) is 5.56 Å². The van der Waals surface area contributed by atoms with Crippen molar-refractivity contribution in [3.05, 3.63) is 33.4 Å². The summed E-state index contributed by atoms with van der Waals surface area (Å²) in [6.45, 7) is 0. The lowest BCUT2D eigenvalue weighted by Crippen LogP contribution is -1.85. The van der Waals surface area contributed by atoms with Crippen molar-refractivity contribution >= 4 is 28.8 Å². The molecular weight excluding hydrogens is 253 g/mol. The first-order valence-electron chi connectivity index (χ1n) is 3.23. The van der Waals surface area contributed by atoms with E-state index in [0.29, 0.717) is 6.42 Å². The van der Waals surface area contributed by atoms with Crippen LogP contribution in [-0.2, 0) is 6.42 Å². The van der Waals surface area contributed by atoms with Gasteiger partial charge in [0.1, 0.15) is 0 Å². The molecule has 0 aromatic heterocycles. The van der Waals surface area contributed by atoms with Crippen LogP contribution in [0.4, 0.5) is 0 Å². The molecule has 0 spiro atoms. The summed E-state index contributed by atoms with van der Waals surface area (Å²) in [7, 11) is 0. The third-order valence-electron chi connectivity index (χ3n) is 1.32. The van der Waals surface area contributed by atoms with Gasteiger partial charge in [-0.05, 0) is 40.3 Å². The minimum absolute atomic E-state index is 0.688. The Morgan fingerprint density at radius 2 is 2.00 bits per heavy atom. The Morgan fingerprint density at radius 3 is 2.55 bits per heavy atom. The summed E-state index contributed by atoms with van der Waals surface area (Å²) in [4.78, 5) is 0. The normalized spacial score (nSPS) is 10.6. The van der Waals surface area contributed by atoms with E-state index in [9.17, 15) is 0 Å².